The van der Waals surface area contributed by atoms with Crippen molar-refractivity contribution in [1.82, 2.24) is 0 Å². The molecule has 4 nitrogen and oxygen atoms in total. The predicted molar refractivity (Wildman–Crippen MR) is 176 cm³/mol. The number of hydrogen-bond donors (Lipinski definition) is 0. The Morgan fingerprint density at radius 3 is 0.705 bits per heavy atom. The molecule has 10 aliphatic heterocycles. The van der Waals surface area contributed by atoms with E-state index in [1.807, 2.05) is 24.3 Å². The molecule has 12 bridgehead atoms. The SMILES string of the molecule is O=S1(=O)c2ccc(cc2)Sc2ccc(cc2)-c2ccc(cc2)Sc2ccc(cc2)S(=O)(=O)c2ccc(cc2)-c2ccc1cc2. The summed E-state index contributed by atoms with van der Waals surface area (Å²) in [5.74, 6) is 0. The quantitative estimate of drug-likeness (QED) is 0.163. The molecule has 0 saturated heterocycles. The van der Waals surface area contributed by atoms with Crippen LogP contribution >= 0.6 is 23.5 Å². The van der Waals surface area contributed by atoms with E-state index in [1.165, 1.54) is 0 Å². The molecular formula is C36H24O4S4. The zero-order chi connectivity index (χ0) is 30.3. The Kier molecular flexibility index (Phi) is 7.46. The van der Waals surface area contributed by atoms with E-state index in [9.17, 15) is 16.8 Å². The van der Waals surface area contributed by atoms with Gasteiger partial charge >= 0.3 is 0 Å². The van der Waals surface area contributed by atoms with Crippen LogP contribution in [0.4, 0.5) is 0 Å². The first-order valence-electron chi connectivity index (χ1n) is 13.7. The molecule has 8 heteroatoms. The Hall–Kier alpha value is -4.08. The van der Waals surface area contributed by atoms with Crippen molar-refractivity contribution < 1.29 is 16.8 Å². The van der Waals surface area contributed by atoms with Crippen LogP contribution in [0.2, 0.25) is 0 Å². The average Bonchev–Trinajstić information content (AvgIpc) is 3.06. The molecule has 44 heavy (non-hydrogen) atoms. The smallest absolute Gasteiger partial charge is 0.206 e. The standard InChI is InChI=1S/C36H24O4S4/c37-43(38)33-17-5-27(6-18-33)28-7-19-34(20-8-28)44(39,40)36-23-15-32(16-24-36)42-30-11-3-26(4-12-30)25-1-9-29(10-2-25)41-31-13-21-35(43)22-14-31/h1-24H. The number of benzene rings is 6. The number of rotatable bonds is 0. The maximum absolute atomic E-state index is 13.4. The van der Waals surface area contributed by atoms with Gasteiger partial charge in [-0.15, -0.1) is 0 Å². The zero-order valence-electron chi connectivity index (χ0n) is 23.1. The van der Waals surface area contributed by atoms with E-state index in [4.69, 9.17) is 0 Å². The van der Waals surface area contributed by atoms with Crippen molar-refractivity contribution in [3.8, 4) is 22.3 Å². The molecule has 0 atom stereocenters. The topological polar surface area (TPSA) is 68.3 Å². The second-order valence-corrected chi connectivity index (χ2v) is 16.4. The van der Waals surface area contributed by atoms with Gasteiger partial charge in [0.15, 0.2) is 0 Å². The molecule has 10 heterocycles. The second kappa shape index (κ2) is 11.4. The van der Waals surface area contributed by atoms with Crippen LogP contribution in [0.5, 0.6) is 0 Å². The Balaban J connectivity index is 1.27. The van der Waals surface area contributed by atoms with Crippen molar-refractivity contribution >= 4 is 43.2 Å². The Morgan fingerprint density at radius 2 is 0.455 bits per heavy atom. The highest BCUT2D eigenvalue weighted by Gasteiger charge is 2.20. The van der Waals surface area contributed by atoms with E-state index < -0.39 is 19.7 Å². The van der Waals surface area contributed by atoms with Gasteiger partial charge in [0.2, 0.25) is 19.7 Å². The maximum atomic E-state index is 13.4. The number of sulfone groups is 2. The van der Waals surface area contributed by atoms with E-state index in [0.717, 1.165) is 41.8 Å². The van der Waals surface area contributed by atoms with Gasteiger partial charge in [-0.3, -0.25) is 0 Å². The Labute approximate surface area is 265 Å². The summed E-state index contributed by atoms with van der Waals surface area (Å²) < 4.78 is 53.5. The summed E-state index contributed by atoms with van der Waals surface area (Å²) in [5, 5.41) is 0. The minimum Gasteiger partial charge on any atom is -0.219 e. The normalized spacial score (nSPS) is 14.9. The third-order valence-corrected chi connectivity index (χ3v) is 13.0. The summed E-state index contributed by atoms with van der Waals surface area (Å²) in [6, 6.07) is 43.7. The van der Waals surface area contributed by atoms with Gasteiger partial charge in [0.1, 0.15) is 0 Å². The van der Waals surface area contributed by atoms with Gasteiger partial charge in [0, 0.05) is 19.6 Å². The largest absolute Gasteiger partial charge is 0.219 e. The molecule has 0 aliphatic carbocycles. The molecule has 0 spiro atoms. The first-order chi connectivity index (χ1) is 21.3. The summed E-state index contributed by atoms with van der Waals surface area (Å²) in [6.45, 7) is 0. The van der Waals surface area contributed by atoms with E-state index in [0.29, 0.717) is 0 Å². The summed E-state index contributed by atoms with van der Waals surface area (Å²) in [7, 11) is -7.42. The van der Waals surface area contributed by atoms with E-state index in [2.05, 4.69) is 48.5 Å². The molecule has 10 aliphatic rings. The lowest BCUT2D eigenvalue weighted by Crippen LogP contribution is -2.02. The fraction of sp³-hybridized carbons (Fsp3) is 0. The zero-order valence-corrected chi connectivity index (χ0v) is 26.4. The predicted octanol–water partition coefficient (Wildman–Crippen LogP) is 9.30. The molecule has 0 unspecified atom stereocenters. The molecule has 0 amide bonds. The molecule has 0 radical (unpaired) electrons. The van der Waals surface area contributed by atoms with Gasteiger partial charge in [0.05, 0.1) is 19.6 Å². The molecule has 0 N–H and O–H groups in total. The molecule has 0 saturated carbocycles. The highest BCUT2D eigenvalue weighted by molar-refractivity contribution is 7.99. The van der Waals surface area contributed by atoms with Gasteiger partial charge in [-0.25, -0.2) is 16.8 Å². The van der Waals surface area contributed by atoms with Crippen LogP contribution < -0.4 is 0 Å². The van der Waals surface area contributed by atoms with E-state index in [1.54, 1.807) is 96.3 Å². The van der Waals surface area contributed by atoms with Crippen LogP contribution in [0, 0.1) is 0 Å². The minimum absolute atomic E-state index is 0.194. The van der Waals surface area contributed by atoms with E-state index >= 15 is 0 Å². The number of hydrogen-bond acceptors (Lipinski definition) is 6. The lowest BCUT2D eigenvalue weighted by atomic mass is 10.1. The first kappa shape index (κ1) is 28.7. The minimum atomic E-state index is -3.71. The summed E-state index contributed by atoms with van der Waals surface area (Å²) in [6.07, 6.45) is 0. The van der Waals surface area contributed by atoms with Gasteiger partial charge in [-0.2, -0.15) is 0 Å². The van der Waals surface area contributed by atoms with Crippen molar-refractivity contribution in [2.45, 2.75) is 39.2 Å². The third kappa shape index (κ3) is 5.62. The third-order valence-electron chi connectivity index (χ3n) is 7.44. The summed E-state index contributed by atoms with van der Waals surface area (Å²) in [5.41, 5.74) is 3.75. The second-order valence-electron chi connectivity index (χ2n) is 10.3. The van der Waals surface area contributed by atoms with Gasteiger partial charge in [-0.1, -0.05) is 72.1 Å². The monoisotopic (exact) mass is 648 g/mol. The van der Waals surface area contributed by atoms with Crippen LogP contribution in [0.15, 0.2) is 185 Å². The summed E-state index contributed by atoms with van der Waals surface area (Å²) >= 11 is 3.16. The molecule has 6 aromatic carbocycles. The first-order valence-corrected chi connectivity index (χ1v) is 18.3. The van der Waals surface area contributed by atoms with Crippen LogP contribution in [0.3, 0.4) is 0 Å². The molecule has 16 rings (SSSR count). The fourth-order valence-corrected chi connectivity index (χ4v) is 9.16. The van der Waals surface area contributed by atoms with Crippen molar-refractivity contribution in [2.24, 2.45) is 0 Å². The highest BCUT2D eigenvalue weighted by Crippen LogP contribution is 2.35. The molecule has 6 aromatic rings. The van der Waals surface area contributed by atoms with E-state index in [-0.39, 0.29) is 19.6 Å². The van der Waals surface area contributed by atoms with Crippen molar-refractivity contribution in [3.63, 3.8) is 0 Å². The highest BCUT2D eigenvalue weighted by atomic mass is 32.2. The Bertz CT molecular complexity index is 2010. The van der Waals surface area contributed by atoms with Gasteiger partial charge < -0.3 is 0 Å². The maximum Gasteiger partial charge on any atom is 0.206 e. The lowest BCUT2D eigenvalue weighted by molar-refractivity contribution is 0.594. The molecular weight excluding hydrogens is 625 g/mol. The van der Waals surface area contributed by atoms with Crippen LogP contribution in [0.1, 0.15) is 0 Å². The summed E-state index contributed by atoms with van der Waals surface area (Å²) in [4.78, 5) is 4.83. The van der Waals surface area contributed by atoms with Crippen LogP contribution in [0.25, 0.3) is 22.3 Å². The molecule has 0 aromatic heterocycles. The van der Waals surface area contributed by atoms with Gasteiger partial charge in [-0.05, 0) is 119 Å². The van der Waals surface area contributed by atoms with Crippen molar-refractivity contribution in [2.75, 3.05) is 0 Å². The molecule has 0 fully saturated rings. The average molecular weight is 649 g/mol. The molecule has 216 valence electrons. The fourth-order valence-electron chi connectivity index (χ4n) is 5.00. The van der Waals surface area contributed by atoms with Crippen LogP contribution in [-0.4, -0.2) is 16.8 Å². The van der Waals surface area contributed by atoms with Gasteiger partial charge in [0.25, 0.3) is 0 Å². The Morgan fingerprint density at radius 1 is 0.273 bits per heavy atom. The van der Waals surface area contributed by atoms with Crippen molar-refractivity contribution in [1.29, 1.82) is 0 Å². The van der Waals surface area contributed by atoms with Crippen LogP contribution in [-0.2, 0) is 19.7 Å². The lowest BCUT2D eigenvalue weighted by Gasteiger charge is -2.10. The van der Waals surface area contributed by atoms with Crippen molar-refractivity contribution in [3.05, 3.63) is 146 Å².